The second-order valence-electron chi connectivity index (χ2n) is 8.32. The van der Waals surface area contributed by atoms with Gasteiger partial charge in [-0.2, -0.15) is 4.68 Å². The molecule has 0 saturated carbocycles. The van der Waals surface area contributed by atoms with E-state index in [2.05, 4.69) is 20.1 Å². The first-order chi connectivity index (χ1) is 16.8. The zero-order valence-corrected chi connectivity index (χ0v) is 19.6. The van der Waals surface area contributed by atoms with E-state index in [1.165, 1.54) is 33.6 Å². The third-order valence-corrected chi connectivity index (χ3v) is 6.23. The lowest BCUT2D eigenvalue weighted by atomic mass is 9.79. The Hall–Kier alpha value is -4.41. The molecular formula is C24H23N5O6. The van der Waals surface area contributed by atoms with Crippen LogP contribution >= 0.6 is 0 Å². The Kier molecular flexibility index (Phi) is 5.39. The number of benzene rings is 1. The highest BCUT2D eigenvalue weighted by atomic mass is 16.5. The maximum Gasteiger partial charge on any atom is 0.283 e. The fourth-order valence-corrected chi connectivity index (χ4v) is 4.63. The van der Waals surface area contributed by atoms with Crippen LogP contribution in [0.2, 0.25) is 0 Å². The summed E-state index contributed by atoms with van der Waals surface area (Å²) < 4.78 is 17.5. The molecule has 0 bridgehead atoms. The Morgan fingerprint density at radius 1 is 1.00 bits per heavy atom. The van der Waals surface area contributed by atoms with Crippen molar-refractivity contribution in [3.05, 3.63) is 67.5 Å². The summed E-state index contributed by atoms with van der Waals surface area (Å²) in [5.41, 5.74) is 1.76. The van der Waals surface area contributed by atoms with Crippen molar-refractivity contribution >= 4 is 16.8 Å². The second-order valence-corrected chi connectivity index (χ2v) is 8.32. The Labute approximate surface area is 198 Å². The molecule has 0 amide bonds. The molecule has 11 heteroatoms. The van der Waals surface area contributed by atoms with Gasteiger partial charge in [-0.1, -0.05) is 0 Å². The van der Waals surface area contributed by atoms with Gasteiger partial charge >= 0.3 is 0 Å². The van der Waals surface area contributed by atoms with Crippen molar-refractivity contribution in [1.82, 2.24) is 24.7 Å². The first-order valence-electron chi connectivity index (χ1n) is 10.9. The largest absolute Gasteiger partial charge is 0.493 e. The van der Waals surface area contributed by atoms with Crippen LogP contribution in [0.15, 0.2) is 34.0 Å². The van der Waals surface area contributed by atoms with E-state index in [-0.39, 0.29) is 35.0 Å². The lowest BCUT2D eigenvalue weighted by molar-refractivity contribution is 0.0964. The molecule has 0 fully saturated rings. The smallest absolute Gasteiger partial charge is 0.283 e. The van der Waals surface area contributed by atoms with E-state index in [0.717, 1.165) is 10.2 Å². The minimum Gasteiger partial charge on any atom is -0.493 e. The normalized spacial score (nSPS) is 15.2. The van der Waals surface area contributed by atoms with Crippen LogP contribution in [0, 0.1) is 6.92 Å². The van der Waals surface area contributed by atoms with Crippen LogP contribution in [0.5, 0.6) is 17.2 Å². The number of hydrogen-bond acceptors (Lipinski definition) is 8. The molecule has 1 atom stereocenters. The summed E-state index contributed by atoms with van der Waals surface area (Å²) in [6.07, 6.45) is 2.14. The predicted molar refractivity (Wildman–Crippen MR) is 126 cm³/mol. The molecule has 0 spiro atoms. The average Bonchev–Trinajstić information content (AvgIpc) is 3.19. The minimum absolute atomic E-state index is 0.0510. The molecule has 0 aliphatic heterocycles. The Morgan fingerprint density at radius 3 is 2.34 bits per heavy atom. The van der Waals surface area contributed by atoms with Crippen LogP contribution in [-0.2, 0) is 6.42 Å². The van der Waals surface area contributed by atoms with Crippen LogP contribution < -0.4 is 25.3 Å². The number of hydrogen-bond donors (Lipinski definition) is 2. The molecule has 2 N–H and O–H groups in total. The van der Waals surface area contributed by atoms with Crippen molar-refractivity contribution < 1.29 is 19.0 Å². The average molecular weight is 477 g/mol. The Bertz CT molecular complexity index is 1570. The third kappa shape index (κ3) is 3.65. The number of H-pyrrole nitrogens is 2. The van der Waals surface area contributed by atoms with Gasteiger partial charge in [-0.15, -0.1) is 0 Å². The number of pyridine rings is 1. The summed E-state index contributed by atoms with van der Waals surface area (Å²) in [5.74, 6) is 1.13. The van der Waals surface area contributed by atoms with Crippen LogP contribution in [0.3, 0.4) is 0 Å². The number of carbonyl (C=O) groups excluding carboxylic acids is 1. The fraction of sp³-hybridized carbons (Fsp3) is 0.292. The lowest BCUT2D eigenvalue weighted by Gasteiger charge is -2.25. The van der Waals surface area contributed by atoms with Gasteiger partial charge in [0.25, 0.3) is 11.1 Å². The third-order valence-electron chi connectivity index (χ3n) is 6.23. The Balaban J connectivity index is 1.65. The molecule has 35 heavy (non-hydrogen) atoms. The number of methoxy groups -OCH3 is 3. The summed E-state index contributed by atoms with van der Waals surface area (Å²) in [4.78, 5) is 49.6. The summed E-state index contributed by atoms with van der Waals surface area (Å²) in [5, 5.41) is 3.19. The van der Waals surface area contributed by atoms with Crippen molar-refractivity contribution in [3.8, 4) is 23.2 Å². The highest BCUT2D eigenvalue weighted by molar-refractivity contribution is 6.02. The number of carbonyl (C=O) groups is 1. The number of fused-ring (bicyclic) bond motifs is 3. The van der Waals surface area contributed by atoms with Gasteiger partial charge in [0.05, 0.1) is 26.7 Å². The molecule has 4 aromatic rings. The fourth-order valence-electron chi connectivity index (χ4n) is 4.63. The van der Waals surface area contributed by atoms with Crippen molar-refractivity contribution in [2.24, 2.45) is 0 Å². The minimum atomic E-state index is -0.448. The number of aromatic amines is 2. The maximum absolute atomic E-state index is 13.4. The topological polar surface area (TPSA) is 141 Å². The van der Waals surface area contributed by atoms with Crippen molar-refractivity contribution in [2.45, 2.75) is 25.7 Å². The monoisotopic (exact) mass is 477 g/mol. The molecule has 180 valence electrons. The van der Waals surface area contributed by atoms with E-state index in [4.69, 9.17) is 14.2 Å². The summed E-state index contributed by atoms with van der Waals surface area (Å²) in [6.45, 7) is 1.66. The highest BCUT2D eigenvalue weighted by Gasteiger charge is 2.31. The molecule has 5 rings (SSSR count). The van der Waals surface area contributed by atoms with Gasteiger partial charge in [0.1, 0.15) is 0 Å². The van der Waals surface area contributed by atoms with Gasteiger partial charge < -0.3 is 14.2 Å². The molecule has 0 unspecified atom stereocenters. The zero-order chi connectivity index (χ0) is 24.9. The van der Waals surface area contributed by atoms with E-state index in [1.54, 1.807) is 6.92 Å². The van der Waals surface area contributed by atoms with Crippen LogP contribution in [0.1, 0.15) is 39.5 Å². The Morgan fingerprint density at radius 2 is 1.71 bits per heavy atom. The lowest BCUT2D eigenvalue weighted by Crippen LogP contribution is -2.24. The predicted octanol–water partition coefficient (Wildman–Crippen LogP) is 2.04. The van der Waals surface area contributed by atoms with Gasteiger partial charge in [0, 0.05) is 29.9 Å². The van der Waals surface area contributed by atoms with E-state index in [9.17, 15) is 14.4 Å². The molecule has 1 aromatic carbocycles. The highest BCUT2D eigenvalue weighted by Crippen LogP contribution is 2.43. The van der Waals surface area contributed by atoms with E-state index in [1.807, 2.05) is 12.1 Å². The molecule has 3 aromatic heterocycles. The van der Waals surface area contributed by atoms with Crippen molar-refractivity contribution in [3.63, 3.8) is 0 Å². The van der Waals surface area contributed by atoms with Gasteiger partial charge in [-0.25, -0.2) is 9.97 Å². The molecule has 0 saturated heterocycles. The van der Waals surface area contributed by atoms with Gasteiger partial charge in [0.2, 0.25) is 11.7 Å². The number of Topliss-reactive ketones (excluding diaryl/α,β-unsaturated/α-hetero) is 1. The van der Waals surface area contributed by atoms with E-state index >= 15 is 0 Å². The molecule has 1 aliphatic rings. The van der Waals surface area contributed by atoms with E-state index in [0.29, 0.717) is 46.1 Å². The van der Waals surface area contributed by atoms with Gasteiger partial charge in [0.15, 0.2) is 22.9 Å². The van der Waals surface area contributed by atoms with Crippen LogP contribution in [-0.4, -0.2) is 51.8 Å². The van der Waals surface area contributed by atoms with Gasteiger partial charge in [-0.3, -0.25) is 24.5 Å². The van der Waals surface area contributed by atoms with Gasteiger partial charge in [-0.05, 0) is 42.5 Å². The molecular weight excluding hydrogens is 454 g/mol. The number of aromatic nitrogens is 5. The first-order valence-corrected chi connectivity index (χ1v) is 10.9. The number of aryl methyl sites for hydroxylation is 1. The van der Waals surface area contributed by atoms with E-state index < -0.39 is 5.56 Å². The quantitative estimate of drug-likeness (QED) is 0.445. The molecule has 3 heterocycles. The first kappa shape index (κ1) is 22.4. The maximum atomic E-state index is 13.4. The molecule has 11 nitrogen and oxygen atoms in total. The molecule has 0 radical (unpaired) electrons. The SMILES string of the molecule is COc1cc([C@@H]2CC(=O)c3cnc4[nH]n(-c5nc(C)cc(=O)[nH]5)c(=O)c4c3C2)cc(OC)c1OC. The zero-order valence-electron chi connectivity index (χ0n) is 19.6. The standard InChI is InChI=1S/C24H23N5O6/c1-11-5-19(31)27-24(26-11)29-23(32)20-14-6-12(7-16(30)15(14)10-25-22(20)28-29)13-8-17(33-2)21(35-4)18(9-13)34-3/h5,8-10,12H,6-7H2,1-4H3,(H,25,28)(H,26,27,31)/t12-/m0/s1. The summed E-state index contributed by atoms with van der Waals surface area (Å²) in [7, 11) is 4.59. The second kappa shape index (κ2) is 8.42. The summed E-state index contributed by atoms with van der Waals surface area (Å²) >= 11 is 0. The number of nitrogens with one attached hydrogen (secondary N) is 2. The van der Waals surface area contributed by atoms with Crippen LogP contribution in [0.25, 0.3) is 17.0 Å². The number of ether oxygens (including phenoxy) is 3. The number of rotatable bonds is 5. The van der Waals surface area contributed by atoms with Crippen LogP contribution in [0.4, 0.5) is 0 Å². The number of nitrogens with zero attached hydrogens (tertiary/aromatic N) is 3. The van der Waals surface area contributed by atoms with Crippen molar-refractivity contribution in [2.75, 3.05) is 21.3 Å². The number of ketones is 1. The summed E-state index contributed by atoms with van der Waals surface area (Å²) in [6, 6.07) is 4.97. The molecule has 1 aliphatic carbocycles. The van der Waals surface area contributed by atoms with Crippen molar-refractivity contribution in [1.29, 1.82) is 0 Å².